The summed E-state index contributed by atoms with van der Waals surface area (Å²) in [5, 5.41) is 16.7. The van der Waals surface area contributed by atoms with E-state index in [0.717, 1.165) is 5.56 Å². The van der Waals surface area contributed by atoms with Crippen molar-refractivity contribution in [2.45, 2.75) is 25.9 Å². The van der Waals surface area contributed by atoms with Crippen molar-refractivity contribution in [1.82, 2.24) is 10.5 Å². The molecule has 0 saturated heterocycles. The molecule has 2 rings (SSSR count). The fraction of sp³-hybridized carbons (Fsp3) is 0.375. The van der Waals surface area contributed by atoms with E-state index in [4.69, 9.17) is 20.9 Å². The first-order chi connectivity index (χ1) is 11.0. The zero-order chi connectivity index (χ0) is 16.8. The van der Waals surface area contributed by atoms with Gasteiger partial charge in [0.25, 0.3) is 0 Å². The van der Waals surface area contributed by atoms with Gasteiger partial charge in [-0.1, -0.05) is 17.3 Å². The Hall–Kier alpha value is -2.05. The van der Waals surface area contributed by atoms with Crippen molar-refractivity contribution in [2.24, 2.45) is 0 Å². The summed E-state index contributed by atoms with van der Waals surface area (Å²) in [6, 6.07) is 7.04. The maximum absolute atomic E-state index is 11.9. The number of aromatic nitrogens is 1. The quantitative estimate of drug-likeness (QED) is 0.810. The third-order valence-corrected chi connectivity index (χ3v) is 3.83. The molecule has 1 aromatic carbocycles. The minimum Gasteiger partial charge on any atom is -0.497 e. The Labute approximate surface area is 139 Å². The number of nitrogens with zero attached hydrogens (tertiary/aromatic N) is 1. The van der Waals surface area contributed by atoms with Gasteiger partial charge in [0.2, 0.25) is 11.1 Å². The number of halogens is 1. The normalized spacial score (nSPS) is 12.0. The number of aryl methyl sites for hydroxylation is 1. The van der Waals surface area contributed by atoms with Crippen LogP contribution in [0.2, 0.25) is 5.22 Å². The second-order valence-electron chi connectivity index (χ2n) is 5.11. The monoisotopic (exact) mass is 338 g/mol. The van der Waals surface area contributed by atoms with E-state index < -0.39 is 6.10 Å². The van der Waals surface area contributed by atoms with Gasteiger partial charge in [-0.2, -0.15) is 0 Å². The first-order valence-electron chi connectivity index (χ1n) is 7.20. The molecule has 0 aliphatic rings. The zero-order valence-corrected chi connectivity index (χ0v) is 13.8. The number of methoxy groups -OCH3 is 1. The maximum Gasteiger partial charge on any atom is 0.229 e. The van der Waals surface area contributed by atoms with Crippen LogP contribution in [-0.4, -0.2) is 29.8 Å². The van der Waals surface area contributed by atoms with Gasteiger partial charge in [0.15, 0.2) is 0 Å². The van der Waals surface area contributed by atoms with Gasteiger partial charge in [0.05, 0.1) is 18.9 Å². The molecule has 0 fully saturated rings. The van der Waals surface area contributed by atoms with Gasteiger partial charge in [-0.25, -0.2) is 0 Å². The summed E-state index contributed by atoms with van der Waals surface area (Å²) < 4.78 is 9.89. The van der Waals surface area contributed by atoms with Crippen LogP contribution in [0.15, 0.2) is 28.8 Å². The minimum absolute atomic E-state index is 0.140. The standard InChI is InChI=1S/C16H19ClN2O4/c1-10-13(16(17)23-19-10)7-8-15(21)18-9-14(20)11-3-5-12(22-2)6-4-11/h3-6,14,20H,7-9H2,1-2H3,(H,18,21). The molecule has 7 heteroatoms. The molecule has 1 atom stereocenters. The van der Waals surface area contributed by atoms with E-state index in [0.29, 0.717) is 23.4 Å². The van der Waals surface area contributed by atoms with E-state index in [9.17, 15) is 9.90 Å². The molecule has 1 amide bonds. The average molecular weight is 339 g/mol. The molecule has 0 saturated carbocycles. The number of hydrogen-bond donors (Lipinski definition) is 2. The Kier molecular flexibility index (Phi) is 6.01. The SMILES string of the molecule is COc1ccc(C(O)CNC(=O)CCc2c(C)noc2Cl)cc1. The predicted octanol–water partition coefficient (Wildman–Crippen LogP) is 2.43. The summed E-state index contributed by atoms with van der Waals surface area (Å²) in [6.45, 7) is 1.91. The van der Waals surface area contributed by atoms with E-state index in [1.165, 1.54) is 0 Å². The van der Waals surface area contributed by atoms with Crippen LogP contribution in [0.1, 0.15) is 29.3 Å². The topological polar surface area (TPSA) is 84.6 Å². The summed E-state index contributed by atoms with van der Waals surface area (Å²) in [4.78, 5) is 11.9. The number of aliphatic hydroxyl groups is 1. The first kappa shape index (κ1) is 17.3. The molecule has 1 aromatic heterocycles. The van der Waals surface area contributed by atoms with Crippen molar-refractivity contribution < 1.29 is 19.2 Å². The molecule has 0 spiro atoms. The molecule has 124 valence electrons. The van der Waals surface area contributed by atoms with Gasteiger partial charge in [0.1, 0.15) is 5.75 Å². The minimum atomic E-state index is -0.772. The zero-order valence-electron chi connectivity index (χ0n) is 13.0. The van der Waals surface area contributed by atoms with Crippen molar-refractivity contribution in [3.8, 4) is 5.75 Å². The van der Waals surface area contributed by atoms with Crippen molar-refractivity contribution in [2.75, 3.05) is 13.7 Å². The Morgan fingerprint density at radius 1 is 1.43 bits per heavy atom. The van der Waals surface area contributed by atoms with Gasteiger partial charge in [-0.15, -0.1) is 0 Å². The Balaban J connectivity index is 1.79. The third-order valence-electron chi connectivity index (χ3n) is 3.53. The highest BCUT2D eigenvalue weighted by Gasteiger charge is 2.14. The first-order valence-corrected chi connectivity index (χ1v) is 7.58. The molecule has 0 aliphatic carbocycles. The highest BCUT2D eigenvalue weighted by Crippen LogP contribution is 2.20. The molecule has 1 heterocycles. The lowest BCUT2D eigenvalue weighted by Gasteiger charge is -2.12. The number of benzene rings is 1. The fourth-order valence-electron chi connectivity index (χ4n) is 2.12. The van der Waals surface area contributed by atoms with Crippen LogP contribution in [0, 0.1) is 6.92 Å². The Morgan fingerprint density at radius 3 is 2.70 bits per heavy atom. The molecule has 23 heavy (non-hydrogen) atoms. The predicted molar refractivity (Wildman–Crippen MR) is 85.5 cm³/mol. The maximum atomic E-state index is 11.9. The number of hydrogen-bond acceptors (Lipinski definition) is 5. The number of carbonyl (C=O) groups excluding carboxylic acids is 1. The summed E-state index contributed by atoms with van der Waals surface area (Å²) in [7, 11) is 1.58. The number of ether oxygens (including phenoxy) is 1. The number of aliphatic hydroxyl groups excluding tert-OH is 1. The lowest BCUT2D eigenvalue weighted by molar-refractivity contribution is -0.121. The molecular formula is C16H19ClN2O4. The molecule has 2 aromatic rings. The van der Waals surface area contributed by atoms with E-state index in [2.05, 4.69) is 10.5 Å². The van der Waals surface area contributed by atoms with Gasteiger partial charge in [0, 0.05) is 18.5 Å². The van der Waals surface area contributed by atoms with Gasteiger partial charge in [-0.05, 0) is 42.6 Å². The average Bonchev–Trinajstić information content (AvgIpc) is 2.89. The van der Waals surface area contributed by atoms with Gasteiger partial charge < -0.3 is 19.7 Å². The van der Waals surface area contributed by atoms with E-state index >= 15 is 0 Å². The molecule has 0 radical (unpaired) electrons. The molecule has 6 nitrogen and oxygen atoms in total. The molecule has 0 aliphatic heterocycles. The number of carbonyl (C=O) groups is 1. The van der Waals surface area contributed by atoms with Gasteiger partial charge in [-0.3, -0.25) is 4.79 Å². The summed E-state index contributed by atoms with van der Waals surface area (Å²) in [5.41, 5.74) is 2.13. The second kappa shape index (κ2) is 7.99. The summed E-state index contributed by atoms with van der Waals surface area (Å²) >= 11 is 5.85. The van der Waals surface area contributed by atoms with Crippen LogP contribution in [-0.2, 0) is 11.2 Å². The van der Waals surface area contributed by atoms with Crippen molar-refractivity contribution in [3.63, 3.8) is 0 Å². The highest BCUT2D eigenvalue weighted by atomic mass is 35.5. The number of nitrogens with one attached hydrogen (secondary N) is 1. The van der Waals surface area contributed by atoms with Crippen molar-refractivity contribution in [3.05, 3.63) is 46.3 Å². The highest BCUT2D eigenvalue weighted by molar-refractivity contribution is 6.29. The summed E-state index contributed by atoms with van der Waals surface area (Å²) in [6.07, 6.45) is -0.0822. The molecule has 1 unspecified atom stereocenters. The van der Waals surface area contributed by atoms with Crippen molar-refractivity contribution in [1.29, 1.82) is 0 Å². The van der Waals surface area contributed by atoms with Crippen LogP contribution >= 0.6 is 11.6 Å². The lowest BCUT2D eigenvalue weighted by Crippen LogP contribution is -2.28. The summed E-state index contributed by atoms with van der Waals surface area (Å²) in [5.74, 6) is 0.542. The number of amides is 1. The number of rotatable bonds is 7. The van der Waals surface area contributed by atoms with Crippen LogP contribution < -0.4 is 10.1 Å². The van der Waals surface area contributed by atoms with Crippen molar-refractivity contribution >= 4 is 17.5 Å². The van der Waals surface area contributed by atoms with E-state index in [-0.39, 0.29) is 24.1 Å². The van der Waals surface area contributed by atoms with Crippen LogP contribution in [0.4, 0.5) is 0 Å². The van der Waals surface area contributed by atoms with Crippen LogP contribution in [0.25, 0.3) is 0 Å². The smallest absolute Gasteiger partial charge is 0.229 e. The van der Waals surface area contributed by atoms with Crippen LogP contribution in [0.3, 0.4) is 0 Å². The Morgan fingerprint density at radius 2 is 2.13 bits per heavy atom. The van der Waals surface area contributed by atoms with E-state index in [1.807, 2.05) is 0 Å². The lowest BCUT2D eigenvalue weighted by atomic mass is 10.1. The fourth-order valence-corrected chi connectivity index (χ4v) is 2.39. The van der Waals surface area contributed by atoms with Gasteiger partial charge >= 0.3 is 0 Å². The molecule has 0 bridgehead atoms. The van der Waals surface area contributed by atoms with E-state index in [1.54, 1.807) is 38.3 Å². The molecule has 2 N–H and O–H groups in total. The molecular weight excluding hydrogens is 320 g/mol. The second-order valence-corrected chi connectivity index (χ2v) is 5.46. The largest absolute Gasteiger partial charge is 0.497 e. The van der Waals surface area contributed by atoms with Crippen LogP contribution in [0.5, 0.6) is 5.75 Å². The Bertz CT molecular complexity index is 635. The third kappa shape index (κ3) is 4.71.